The maximum atomic E-state index is 13.0. The van der Waals surface area contributed by atoms with Crippen LogP contribution in [0.15, 0.2) is 52.3 Å². The second-order valence-electron chi connectivity index (χ2n) is 7.41. The van der Waals surface area contributed by atoms with E-state index in [2.05, 4.69) is 0 Å². The van der Waals surface area contributed by atoms with Crippen molar-refractivity contribution in [3.05, 3.63) is 59.2 Å². The van der Waals surface area contributed by atoms with Crippen molar-refractivity contribution in [3.63, 3.8) is 0 Å². The molecule has 4 rings (SSSR count). The first-order chi connectivity index (χ1) is 13.3. The first-order valence-corrected chi connectivity index (χ1v) is 12.4. The van der Waals surface area contributed by atoms with Crippen LogP contribution < -0.4 is 0 Å². The molecule has 1 fully saturated rings. The molecule has 1 heterocycles. The number of hydrogen-bond acceptors (Lipinski definition) is 4. The summed E-state index contributed by atoms with van der Waals surface area (Å²) in [6, 6.07) is 12.1. The zero-order valence-electron chi connectivity index (χ0n) is 15.8. The van der Waals surface area contributed by atoms with Crippen molar-refractivity contribution in [1.82, 2.24) is 8.61 Å². The van der Waals surface area contributed by atoms with E-state index in [1.54, 1.807) is 36.4 Å². The second kappa shape index (κ2) is 7.26. The molecule has 1 saturated heterocycles. The Morgan fingerprint density at radius 2 is 1.18 bits per heavy atom. The maximum absolute atomic E-state index is 13.0. The van der Waals surface area contributed by atoms with Crippen molar-refractivity contribution in [2.45, 2.75) is 36.0 Å². The third-order valence-electron chi connectivity index (χ3n) is 5.56. The average molecular weight is 421 g/mol. The van der Waals surface area contributed by atoms with Gasteiger partial charge in [0.2, 0.25) is 20.0 Å². The number of hydrogen-bond donors (Lipinski definition) is 0. The molecule has 2 aliphatic rings. The van der Waals surface area contributed by atoms with E-state index in [0.717, 1.165) is 30.4 Å². The van der Waals surface area contributed by atoms with Gasteiger partial charge in [-0.3, -0.25) is 0 Å². The van der Waals surface area contributed by atoms with Crippen molar-refractivity contribution in [1.29, 1.82) is 0 Å². The van der Waals surface area contributed by atoms with Gasteiger partial charge in [-0.1, -0.05) is 23.8 Å². The molecule has 0 spiro atoms. The molecule has 2 aromatic carbocycles. The van der Waals surface area contributed by atoms with Crippen LogP contribution in [0.2, 0.25) is 0 Å². The lowest BCUT2D eigenvalue weighted by Crippen LogP contribution is -2.50. The predicted molar refractivity (Wildman–Crippen MR) is 107 cm³/mol. The average Bonchev–Trinajstić information content (AvgIpc) is 3.16. The lowest BCUT2D eigenvalue weighted by molar-refractivity contribution is 0.273. The van der Waals surface area contributed by atoms with Gasteiger partial charge in [0.1, 0.15) is 0 Å². The summed E-state index contributed by atoms with van der Waals surface area (Å²) in [7, 11) is -7.22. The molecule has 1 aliphatic heterocycles. The highest BCUT2D eigenvalue weighted by Crippen LogP contribution is 2.27. The Morgan fingerprint density at radius 3 is 1.79 bits per heavy atom. The molecule has 150 valence electrons. The highest BCUT2D eigenvalue weighted by molar-refractivity contribution is 7.89. The molecule has 8 heteroatoms. The molecule has 0 radical (unpaired) electrons. The van der Waals surface area contributed by atoms with Crippen molar-refractivity contribution >= 4 is 20.0 Å². The number of nitrogens with zero attached hydrogens (tertiary/aromatic N) is 2. The number of aryl methyl sites for hydroxylation is 3. The minimum absolute atomic E-state index is 0.153. The zero-order chi connectivity index (χ0) is 19.9. The van der Waals surface area contributed by atoms with Gasteiger partial charge in [0.25, 0.3) is 0 Å². The van der Waals surface area contributed by atoms with Crippen molar-refractivity contribution in [2.24, 2.45) is 0 Å². The van der Waals surface area contributed by atoms with Gasteiger partial charge in [0.05, 0.1) is 9.79 Å². The van der Waals surface area contributed by atoms with Crippen LogP contribution in [0.1, 0.15) is 23.1 Å². The molecule has 0 bridgehead atoms. The van der Waals surface area contributed by atoms with Crippen LogP contribution in [-0.2, 0) is 32.9 Å². The van der Waals surface area contributed by atoms with Crippen LogP contribution in [0.4, 0.5) is 0 Å². The monoisotopic (exact) mass is 420 g/mol. The third kappa shape index (κ3) is 3.50. The van der Waals surface area contributed by atoms with E-state index in [1.807, 2.05) is 13.0 Å². The summed E-state index contributed by atoms with van der Waals surface area (Å²) in [6.45, 7) is 2.52. The molecule has 0 aromatic heterocycles. The first-order valence-electron chi connectivity index (χ1n) is 9.47. The minimum atomic E-state index is -3.61. The summed E-state index contributed by atoms with van der Waals surface area (Å²) >= 11 is 0. The van der Waals surface area contributed by atoms with E-state index in [0.29, 0.717) is 4.90 Å². The van der Waals surface area contributed by atoms with Gasteiger partial charge in [-0.05, 0) is 61.6 Å². The van der Waals surface area contributed by atoms with Gasteiger partial charge in [-0.2, -0.15) is 8.61 Å². The van der Waals surface area contributed by atoms with Crippen molar-refractivity contribution in [3.8, 4) is 0 Å². The van der Waals surface area contributed by atoms with Gasteiger partial charge < -0.3 is 0 Å². The van der Waals surface area contributed by atoms with Crippen LogP contribution in [0.5, 0.6) is 0 Å². The van der Waals surface area contributed by atoms with E-state index in [4.69, 9.17) is 0 Å². The Hall–Kier alpha value is -1.74. The number of sulfonamides is 2. The van der Waals surface area contributed by atoms with Gasteiger partial charge in [0.15, 0.2) is 0 Å². The SMILES string of the molecule is Cc1ccc(S(=O)(=O)N2CCN(S(=O)(=O)c3ccc4c(c3)CCC4)CC2)cc1. The summed E-state index contributed by atoms with van der Waals surface area (Å²) < 4.78 is 54.4. The quantitative estimate of drug-likeness (QED) is 0.760. The standard InChI is InChI=1S/C20H24N2O4S2/c1-16-5-8-19(9-6-16)27(23,24)21-11-13-22(14-12-21)28(25,26)20-10-7-17-3-2-4-18(17)15-20/h5-10,15H,2-4,11-14H2,1H3. The van der Waals surface area contributed by atoms with E-state index < -0.39 is 20.0 Å². The largest absolute Gasteiger partial charge is 0.243 e. The van der Waals surface area contributed by atoms with Crippen LogP contribution in [0.3, 0.4) is 0 Å². The van der Waals surface area contributed by atoms with Crippen LogP contribution >= 0.6 is 0 Å². The summed E-state index contributed by atoms with van der Waals surface area (Å²) in [5.74, 6) is 0. The molecule has 6 nitrogen and oxygen atoms in total. The highest BCUT2D eigenvalue weighted by Gasteiger charge is 2.34. The topological polar surface area (TPSA) is 74.8 Å². The third-order valence-corrected chi connectivity index (χ3v) is 9.37. The fraction of sp³-hybridized carbons (Fsp3) is 0.400. The van der Waals surface area contributed by atoms with E-state index in [1.165, 1.54) is 14.2 Å². The Kier molecular flexibility index (Phi) is 5.07. The Labute approximate surface area is 166 Å². The van der Waals surface area contributed by atoms with E-state index in [9.17, 15) is 16.8 Å². The van der Waals surface area contributed by atoms with E-state index >= 15 is 0 Å². The summed E-state index contributed by atoms with van der Waals surface area (Å²) in [5, 5.41) is 0. The zero-order valence-corrected chi connectivity index (χ0v) is 17.5. The summed E-state index contributed by atoms with van der Waals surface area (Å²) in [6.07, 6.45) is 2.99. The number of piperazine rings is 1. The van der Waals surface area contributed by atoms with E-state index in [-0.39, 0.29) is 31.1 Å². The number of fused-ring (bicyclic) bond motifs is 1. The molecule has 0 atom stereocenters. The first kappa shape index (κ1) is 19.6. The van der Waals surface area contributed by atoms with Gasteiger partial charge >= 0.3 is 0 Å². The van der Waals surface area contributed by atoms with Gasteiger partial charge in [0, 0.05) is 26.2 Å². The lowest BCUT2D eigenvalue weighted by atomic mass is 10.1. The second-order valence-corrected chi connectivity index (χ2v) is 11.3. The van der Waals surface area contributed by atoms with Crippen molar-refractivity contribution in [2.75, 3.05) is 26.2 Å². The molecule has 0 saturated carbocycles. The molecular formula is C20H24N2O4S2. The molecule has 0 N–H and O–H groups in total. The molecular weight excluding hydrogens is 396 g/mol. The fourth-order valence-electron chi connectivity index (χ4n) is 3.87. The molecule has 0 unspecified atom stereocenters. The predicted octanol–water partition coefficient (Wildman–Crippen LogP) is 2.18. The van der Waals surface area contributed by atoms with Gasteiger partial charge in [-0.25, -0.2) is 16.8 Å². The van der Waals surface area contributed by atoms with Crippen LogP contribution in [0.25, 0.3) is 0 Å². The summed E-state index contributed by atoms with van der Waals surface area (Å²) in [4.78, 5) is 0.552. The number of rotatable bonds is 4. The lowest BCUT2D eigenvalue weighted by Gasteiger charge is -2.33. The maximum Gasteiger partial charge on any atom is 0.243 e. The Morgan fingerprint density at radius 1 is 0.679 bits per heavy atom. The van der Waals surface area contributed by atoms with Crippen LogP contribution in [0, 0.1) is 6.92 Å². The molecule has 28 heavy (non-hydrogen) atoms. The Balaban J connectivity index is 1.50. The van der Waals surface area contributed by atoms with Gasteiger partial charge in [-0.15, -0.1) is 0 Å². The molecule has 0 amide bonds. The summed E-state index contributed by atoms with van der Waals surface area (Å²) in [5.41, 5.74) is 3.33. The number of benzene rings is 2. The fourth-order valence-corrected chi connectivity index (χ4v) is 6.76. The molecule has 2 aromatic rings. The minimum Gasteiger partial charge on any atom is -0.207 e. The van der Waals surface area contributed by atoms with Crippen LogP contribution in [-0.4, -0.2) is 51.6 Å². The normalized spacial score (nSPS) is 18.9. The Bertz CT molecular complexity index is 1090. The van der Waals surface area contributed by atoms with Crippen molar-refractivity contribution < 1.29 is 16.8 Å². The smallest absolute Gasteiger partial charge is 0.207 e. The molecule has 1 aliphatic carbocycles. The highest BCUT2D eigenvalue weighted by atomic mass is 32.2.